The minimum atomic E-state index is 1.00. The van der Waals surface area contributed by atoms with Crippen molar-refractivity contribution >= 4 is 34.4 Å². The highest BCUT2D eigenvalue weighted by Gasteiger charge is 2.13. The zero-order valence-electron chi connectivity index (χ0n) is 9.13. The minimum Gasteiger partial charge on any atom is -0.357 e. The van der Waals surface area contributed by atoms with Crippen molar-refractivity contribution < 1.29 is 0 Å². The van der Waals surface area contributed by atoms with Gasteiger partial charge < -0.3 is 4.90 Å². The molecule has 1 aliphatic rings. The van der Waals surface area contributed by atoms with E-state index in [0.717, 1.165) is 17.4 Å². The van der Waals surface area contributed by atoms with Gasteiger partial charge in [-0.3, -0.25) is 0 Å². The lowest BCUT2D eigenvalue weighted by atomic mass is 10.2. The van der Waals surface area contributed by atoms with Crippen LogP contribution in [0.5, 0.6) is 0 Å². The van der Waals surface area contributed by atoms with Crippen molar-refractivity contribution in [1.29, 1.82) is 0 Å². The molecule has 3 heteroatoms. The molecule has 0 atom stereocenters. The standard InChI is InChI=1S/C13H15NS2/c15-13(14-9-4-5-10-14)16-11-8-12-6-2-1-3-7-12/h1-3,6-8,11H,4-5,9-10H2/b11-8-. The number of rotatable bonds is 2. The van der Waals surface area contributed by atoms with Gasteiger partial charge in [0.1, 0.15) is 4.32 Å². The number of thioether (sulfide) groups is 1. The number of thiocarbonyl (C=S) groups is 1. The lowest BCUT2D eigenvalue weighted by Gasteiger charge is -2.15. The zero-order valence-corrected chi connectivity index (χ0v) is 10.8. The van der Waals surface area contributed by atoms with Crippen LogP contribution in [0.25, 0.3) is 6.08 Å². The lowest BCUT2D eigenvalue weighted by molar-refractivity contribution is 0.539. The second kappa shape index (κ2) is 6.06. The van der Waals surface area contributed by atoms with Crippen LogP contribution in [-0.4, -0.2) is 22.3 Å². The summed E-state index contributed by atoms with van der Waals surface area (Å²) in [6.07, 6.45) is 4.67. The zero-order chi connectivity index (χ0) is 11.2. The molecule has 0 N–H and O–H groups in total. The molecule has 0 saturated carbocycles. The number of likely N-dealkylation sites (tertiary alicyclic amines) is 1. The molecule has 84 valence electrons. The summed E-state index contributed by atoms with van der Waals surface area (Å²) in [4.78, 5) is 2.29. The van der Waals surface area contributed by atoms with E-state index in [0.29, 0.717) is 0 Å². The van der Waals surface area contributed by atoms with E-state index in [1.165, 1.54) is 18.4 Å². The normalized spacial score (nSPS) is 15.9. The fourth-order valence-electron chi connectivity index (χ4n) is 1.71. The molecule has 0 bridgehead atoms. The minimum absolute atomic E-state index is 1.00. The molecule has 0 spiro atoms. The number of benzene rings is 1. The predicted octanol–water partition coefficient (Wildman–Crippen LogP) is 3.77. The first-order chi connectivity index (χ1) is 7.86. The first-order valence-corrected chi connectivity index (χ1v) is 6.82. The van der Waals surface area contributed by atoms with Gasteiger partial charge in [0.05, 0.1) is 0 Å². The van der Waals surface area contributed by atoms with Crippen molar-refractivity contribution in [2.45, 2.75) is 12.8 Å². The number of nitrogens with zero attached hydrogens (tertiary/aromatic N) is 1. The second-order valence-electron chi connectivity index (χ2n) is 3.79. The fourth-order valence-corrected chi connectivity index (χ4v) is 2.73. The quantitative estimate of drug-likeness (QED) is 0.735. The average Bonchev–Trinajstić information content (AvgIpc) is 2.84. The van der Waals surface area contributed by atoms with Gasteiger partial charge in [-0.05, 0) is 29.9 Å². The third kappa shape index (κ3) is 3.35. The third-order valence-electron chi connectivity index (χ3n) is 2.59. The summed E-state index contributed by atoms with van der Waals surface area (Å²) in [7, 11) is 0. The summed E-state index contributed by atoms with van der Waals surface area (Å²) in [5.41, 5.74) is 1.22. The van der Waals surface area contributed by atoms with E-state index in [1.807, 2.05) is 18.2 Å². The number of hydrogen-bond acceptors (Lipinski definition) is 2. The van der Waals surface area contributed by atoms with Crippen LogP contribution in [0.1, 0.15) is 18.4 Å². The van der Waals surface area contributed by atoms with Crippen molar-refractivity contribution in [3.63, 3.8) is 0 Å². The SMILES string of the molecule is S=C(S/C=C\c1ccccc1)N1CCCC1. The Bertz CT molecular complexity index is 367. The third-order valence-corrected chi connectivity index (χ3v) is 3.87. The van der Waals surface area contributed by atoms with Crippen LogP contribution in [0, 0.1) is 0 Å². The Hall–Kier alpha value is -0.800. The molecule has 1 nitrogen and oxygen atoms in total. The van der Waals surface area contributed by atoms with E-state index in [-0.39, 0.29) is 0 Å². The molecule has 1 fully saturated rings. The molecule has 0 unspecified atom stereocenters. The summed E-state index contributed by atoms with van der Waals surface area (Å²) < 4.78 is 1.00. The van der Waals surface area contributed by atoms with Crippen LogP contribution in [0.15, 0.2) is 35.7 Å². The van der Waals surface area contributed by atoms with Crippen LogP contribution in [-0.2, 0) is 0 Å². The van der Waals surface area contributed by atoms with Gasteiger partial charge in [0.25, 0.3) is 0 Å². The Labute approximate surface area is 107 Å². The smallest absolute Gasteiger partial charge is 0.140 e. The summed E-state index contributed by atoms with van der Waals surface area (Å²) in [5, 5.41) is 2.08. The molecule has 16 heavy (non-hydrogen) atoms. The van der Waals surface area contributed by atoms with Gasteiger partial charge in [0.2, 0.25) is 0 Å². The Morgan fingerprint density at radius 2 is 1.88 bits per heavy atom. The predicted molar refractivity (Wildman–Crippen MR) is 76.5 cm³/mol. The molecule has 1 aromatic carbocycles. The first kappa shape index (κ1) is 11.7. The van der Waals surface area contributed by atoms with Crippen LogP contribution in [0.4, 0.5) is 0 Å². The van der Waals surface area contributed by atoms with Gasteiger partial charge >= 0.3 is 0 Å². The molecule has 2 rings (SSSR count). The second-order valence-corrected chi connectivity index (χ2v) is 5.33. The van der Waals surface area contributed by atoms with E-state index < -0.39 is 0 Å². The molecule has 1 aliphatic heterocycles. The average molecular weight is 249 g/mol. The summed E-state index contributed by atoms with van der Waals surface area (Å²) in [5.74, 6) is 0. The van der Waals surface area contributed by atoms with Gasteiger partial charge in [-0.25, -0.2) is 0 Å². The first-order valence-electron chi connectivity index (χ1n) is 5.53. The highest BCUT2D eigenvalue weighted by Crippen LogP contribution is 2.18. The monoisotopic (exact) mass is 249 g/mol. The molecule has 1 heterocycles. The summed E-state index contributed by atoms with van der Waals surface area (Å²) >= 11 is 7.01. The van der Waals surface area contributed by atoms with Crippen molar-refractivity contribution in [3.8, 4) is 0 Å². The Balaban J connectivity index is 1.82. The fraction of sp³-hybridized carbons (Fsp3) is 0.308. The maximum Gasteiger partial charge on any atom is 0.140 e. The van der Waals surface area contributed by atoms with Crippen molar-refractivity contribution in [2.75, 3.05) is 13.1 Å². The van der Waals surface area contributed by atoms with E-state index >= 15 is 0 Å². The largest absolute Gasteiger partial charge is 0.357 e. The Kier molecular flexibility index (Phi) is 4.43. The molecule has 0 radical (unpaired) electrons. The molecule has 0 aromatic heterocycles. The van der Waals surface area contributed by atoms with Crippen molar-refractivity contribution in [3.05, 3.63) is 41.3 Å². The molecule has 1 aromatic rings. The van der Waals surface area contributed by atoms with Crippen LogP contribution in [0.2, 0.25) is 0 Å². The van der Waals surface area contributed by atoms with Crippen molar-refractivity contribution in [1.82, 2.24) is 4.90 Å². The summed E-state index contributed by atoms with van der Waals surface area (Å²) in [6, 6.07) is 10.3. The van der Waals surface area contributed by atoms with Gasteiger partial charge in [0.15, 0.2) is 0 Å². The molecule has 0 amide bonds. The summed E-state index contributed by atoms with van der Waals surface area (Å²) in [6.45, 7) is 2.26. The van der Waals surface area contributed by atoms with Crippen LogP contribution in [0.3, 0.4) is 0 Å². The Morgan fingerprint density at radius 3 is 2.56 bits per heavy atom. The molecule has 1 saturated heterocycles. The maximum absolute atomic E-state index is 5.37. The highest BCUT2D eigenvalue weighted by molar-refractivity contribution is 8.24. The van der Waals surface area contributed by atoms with Gasteiger partial charge in [-0.2, -0.15) is 0 Å². The Morgan fingerprint density at radius 1 is 1.19 bits per heavy atom. The molecule has 0 aliphatic carbocycles. The van der Waals surface area contributed by atoms with E-state index in [1.54, 1.807) is 11.8 Å². The van der Waals surface area contributed by atoms with Crippen LogP contribution >= 0.6 is 24.0 Å². The topological polar surface area (TPSA) is 3.24 Å². The van der Waals surface area contributed by atoms with Crippen molar-refractivity contribution in [2.24, 2.45) is 0 Å². The molecular weight excluding hydrogens is 234 g/mol. The van der Waals surface area contributed by atoms with E-state index in [2.05, 4.69) is 28.5 Å². The maximum atomic E-state index is 5.37. The van der Waals surface area contributed by atoms with E-state index in [9.17, 15) is 0 Å². The van der Waals surface area contributed by atoms with Gasteiger partial charge in [-0.15, -0.1) is 0 Å². The van der Waals surface area contributed by atoms with E-state index in [4.69, 9.17) is 12.2 Å². The van der Waals surface area contributed by atoms with Gasteiger partial charge in [0, 0.05) is 13.1 Å². The number of hydrogen-bond donors (Lipinski definition) is 0. The molecular formula is C13H15NS2. The lowest BCUT2D eigenvalue weighted by Crippen LogP contribution is -2.22. The van der Waals surface area contributed by atoms with Crippen LogP contribution < -0.4 is 0 Å². The van der Waals surface area contributed by atoms with Gasteiger partial charge in [-0.1, -0.05) is 54.3 Å². The highest BCUT2D eigenvalue weighted by atomic mass is 32.2.